The van der Waals surface area contributed by atoms with E-state index in [4.69, 9.17) is 4.74 Å². The number of rotatable bonds is 4. The Morgan fingerprint density at radius 1 is 1.06 bits per heavy atom. The van der Waals surface area contributed by atoms with Crippen LogP contribution in [0.2, 0.25) is 0 Å². The Morgan fingerprint density at radius 3 is 1.61 bits per heavy atom. The molecule has 0 N–H and O–H groups in total. The molecule has 0 amide bonds. The third kappa shape index (κ3) is 45.7. The smallest absolute Gasteiger partial charge is 0.330 e. The van der Waals surface area contributed by atoms with Crippen molar-refractivity contribution in [3.63, 3.8) is 0 Å². The Morgan fingerprint density at radius 2 is 1.39 bits per heavy atom. The third-order valence-electron chi connectivity index (χ3n) is 1.17. The van der Waals surface area contributed by atoms with Gasteiger partial charge in [-0.25, -0.2) is 4.79 Å². The molecule has 4 nitrogen and oxygen atoms in total. The molecular weight excluding hydrogens is 228 g/mol. The first-order chi connectivity index (χ1) is 6.95. The Bertz CT molecular complexity index is 207. The number of likely N-dealkylation sites (N-methyl/N-ethyl adjacent to an activating group) is 1. The van der Waals surface area contributed by atoms with E-state index >= 15 is 0 Å². The molecule has 0 rings (SSSR count). The van der Waals surface area contributed by atoms with E-state index in [1.165, 1.54) is 6.08 Å². The summed E-state index contributed by atoms with van der Waals surface area (Å²) in [5.74, 6) is -0.349. The average Bonchev–Trinajstić information content (AvgIpc) is 1.98. The highest BCUT2D eigenvalue weighted by atomic mass is 16.5. The summed E-state index contributed by atoms with van der Waals surface area (Å²) in [6.45, 7) is 4.57. The number of nitrogens with zero attached hydrogens (tertiary/aromatic N) is 2. The number of hydrogen-bond donors (Lipinski definition) is 0. The van der Waals surface area contributed by atoms with Crippen LogP contribution in [0.3, 0.4) is 0 Å². The van der Waals surface area contributed by atoms with E-state index in [-0.39, 0.29) is 20.8 Å². The van der Waals surface area contributed by atoms with Crippen LogP contribution in [0.15, 0.2) is 12.7 Å². The number of quaternary nitrogens is 2. The second-order valence-corrected chi connectivity index (χ2v) is 6.07. The molecule has 18 heavy (non-hydrogen) atoms. The Labute approximate surface area is 115 Å². The van der Waals surface area contributed by atoms with E-state index in [1.807, 2.05) is 21.1 Å². The molecule has 0 aromatic carbocycles. The Hall–Kier alpha value is -0.870. The first kappa shape index (κ1) is 25.9. The van der Waals surface area contributed by atoms with Gasteiger partial charge < -0.3 is 13.7 Å². The summed E-state index contributed by atoms with van der Waals surface area (Å²) in [5.41, 5.74) is 0. The summed E-state index contributed by atoms with van der Waals surface area (Å²) in [5, 5.41) is 0. The van der Waals surface area contributed by atoms with Crippen molar-refractivity contribution in [2.75, 3.05) is 62.5 Å². The zero-order valence-electron chi connectivity index (χ0n) is 11.9. The van der Waals surface area contributed by atoms with E-state index in [0.717, 1.165) is 15.5 Å². The van der Waals surface area contributed by atoms with E-state index in [9.17, 15) is 4.79 Å². The lowest BCUT2D eigenvalue weighted by Crippen LogP contribution is -2.37. The summed E-state index contributed by atoms with van der Waals surface area (Å²) in [4.78, 5) is 10.6. The predicted octanol–water partition coefficient (Wildman–Crippen LogP) is 2.02. The van der Waals surface area contributed by atoms with Crippen LogP contribution >= 0.6 is 0 Å². The third-order valence-corrected chi connectivity index (χ3v) is 1.17. The molecule has 0 atom stereocenters. The molecule has 0 bridgehead atoms. The zero-order valence-corrected chi connectivity index (χ0v) is 11.9. The van der Waals surface area contributed by atoms with Gasteiger partial charge in [0, 0.05) is 6.08 Å². The lowest BCUT2D eigenvalue weighted by atomic mass is 10.5. The first-order valence-electron chi connectivity index (χ1n) is 5.34. The molecule has 0 radical (unpaired) electrons. The van der Waals surface area contributed by atoms with E-state index in [2.05, 4.69) is 34.8 Å². The molecule has 0 unspecified atom stereocenters. The second-order valence-electron chi connectivity index (χ2n) is 6.07. The van der Waals surface area contributed by atoms with Crippen LogP contribution in [-0.2, 0) is 9.53 Å². The van der Waals surface area contributed by atoms with Crippen molar-refractivity contribution in [3.05, 3.63) is 12.7 Å². The van der Waals surface area contributed by atoms with E-state index in [1.54, 1.807) is 0 Å². The van der Waals surface area contributed by atoms with Gasteiger partial charge in [-0.15, -0.1) is 0 Å². The highest BCUT2D eigenvalue weighted by molar-refractivity contribution is 5.81. The lowest BCUT2D eigenvalue weighted by Gasteiger charge is -2.23. The van der Waals surface area contributed by atoms with Gasteiger partial charge >= 0.3 is 5.97 Å². The molecule has 0 spiro atoms. The standard InChI is InChI=1S/C8H16NO2.C4H12N.2CH4/c1-5-8(10)11-7-6-9(2,3)4;1-5(2,3)4;;/h5H,1,6-7H2,2-4H3;1-4H3;2*1H4/q2*+1;;. The average molecular weight is 264 g/mol. The number of carbonyl (C=O) groups excluding carboxylic acids is 1. The van der Waals surface area contributed by atoms with Crippen LogP contribution in [0.4, 0.5) is 0 Å². The molecule has 0 aliphatic heterocycles. The fraction of sp³-hybridized carbons (Fsp3) is 0.786. The molecule has 112 valence electrons. The minimum absolute atomic E-state index is 0. The SMILES string of the molecule is C.C.C=CC(=O)OCC[N+](C)(C)C.C[N+](C)(C)C. The van der Waals surface area contributed by atoms with Crippen molar-refractivity contribution in [1.82, 2.24) is 0 Å². The second kappa shape index (κ2) is 11.2. The number of ether oxygens (including phenoxy) is 1. The van der Waals surface area contributed by atoms with Crippen LogP contribution < -0.4 is 0 Å². The Balaban J connectivity index is -0.000000122. The maximum absolute atomic E-state index is 10.6. The molecule has 0 saturated carbocycles. The van der Waals surface area contributed by atoms with Crippen LogP contribution in [0, 0.1) is 0 Å². The van der Waals surface area contributed by atoms with Crippen LogP contribution in [0.5, 0.6) is 0 Å². The fourth-order valence-electron chi connectivity index (χ4n) is 0.479. The van der Waals surface area contributed by atoms with Gasteiger partial charge in [0.1, 0.15) is 13.2 Å². The summed E-state index contributed by atoms with van der Waals surface area (Å²) in [7, 11) is 14.6. The summed E-state index contributed by atoms with van der Waals surface area (Å²) in [6.07, 6.45) is 1.18. The van der Waals surface area contributed by atoms with Crippen LogP contribution in [-0.4, -0.2) is 77.4 Å². The summed E-state index contributed by atoms with van der Waals surface area (Å²) >= 11 is 0. The molecule has 0 aliphatic rings. The van der Waals surface area contributed by atoms with Crippen molar-refractivity contribution < 1.29 is 18.5 Å². The van der Waals surface area contributed by atoms with Gasteiger partial charge in [-0.05, 0) is 0 Å². The largest absolute Gasteiger partial charge is 0.457 e. The Kier molecular flexibility index (Phi) is 16.1. The van der Waals surface area contributed by atoms with Crippen molar-refractivity contribution in [2.24, 2.45) is 0 Å². The molecular formula is C14H36N2O2+2. The molecule has 0 aromatic heterocycles. The van der Waals surface area contributed by atoms with Crippen molar-refractivity contribution in [3.8, 4) is 0 Å². The van der Waals surface area contributed by atoms with Gasteiger partial charge in [-0.2, -0.15) is 0 Å². The number of carbonyl (C=O) groups is 1. The quantitative estimate of drug-likeness (QED) is 0.441. The van der Waals surface area contributed by atoms with Gasteiger partial charge in [0.2, 0.25) is 0 Å². The highest BCUT2D eigenvalue weighted by Gasteiger charge is 2.06. The van der Waals surface area contributed by atoms with Crippen molar-refractivity contribution in [2.45, 2.75) is 14.9 Å². The van der Waals surface area contributed by atoms with Gasteiger partial charge in [0.25, 0.3) is 0 Å². The fourth-order valence-corrected chi connectivity index (χ4v) is 0.479. The number of hydrogen-bond acceptors (Lipinski definition) is 2. The monoisotopic (exact) mass is 264 g/mol. The van der Waals surface area contributed by atoms with E-state index < -0.39 is 0 Å². The van der Waals surface area contributed by atoms with Gasteiger partial charge in [-0.1, -0.05) is 21.4 Å². The predicted molar refractivity (Wildman–Crippen MR) is 81.5 cm³/mol. The van der Waals surface area contributed by atoms with Crippen LogP contribution in [0.25, 0.3) is 0 Å². The first-order valence-corrected chi connectivity index (χ1v) is 5.34. The van der Waals surface area contributed by atoms with Crippen LogP contribution in [0.1, 0.15) is 14.9 Å². The molecule has 0 aromatic rings. The molecule has 0 aliphatic carbocycles. The molecule has 0 heterocycles. The maximum Gasteiger partial charge on any atom is 0.330 e. The zero-order chi connectivity index (χ0) is 13.4. The molecule has 4 heteroatoms. The minimum atomic E-state index is -0.349. The molecule has 0 fully saturated rings. The van der Waals surface area contributed by atoms with Crippen molar-refractivity contribution in [1.29, 1.82) is 0 Å². The minimum Gasteiger partial charge on any atom is -0.457 e. The normalized spacial score (nSPS) is 9.94. The van der Waals surface area contributed by atoms with Gasteiger partial charge in [-0.3, -0.25) is 0 Å². The molecule has 0 saturated heterocycles. The highest BCUT2D eigenvalue weighted by Crippen LogP contribution is 1.89. The summed E-state index contributed by atoms with van der Waals surface area (Å²) in [6, 6.07) is 0. The number of esters is 1. The topological polar surface area (TPSA) is 26.3 Å². The lowest BCUT2D eigenvalue weighted by molar-refractivity contribution is -0.870. The maximum atomic E-state index is 10.6. The van der Waals surface area contributed by atoms with E-state index in [0.29, 0.717) is 6.61 Å². The summed E-state index contributed by atoms with van der Waals surface area (Å²) < 4.78 is 6.59. The van der Waals surface area contributed by atoms with Crippen molar-refractivity contribution >= 4 is 5.97 Å². The van der Waals surface area contributed by atoms with Gasteiger partial charge in [0.15, 0.2) is 0 Å². The van der Waals surface area contributed by atoms with Gasteiger partial charge in [0.05, 0.1) is 49.3 Å².